The van der Waals surface area contributed by atoms with E-state index in [0.29, 0.717) is 6.10 Å². The predicted molar refractivity (Wildman–Crippen MR) is 75.5 cm³/mol. The summed E-state index contributed by atoms with van der Waals surface area (Å²) in [5, 5.41) is 3.56. The van der Waals surface area contributed by atoms with Crippen LogP contribution in [0, 0.1) is 5.92 Å². The second kappa shape index (κ2) is 5.85. The molecular weight excluding hydrogens is 222 g/mol. The van der Waals surface area contributed by atoms with Gasteiger partial charge < -0.3 is 10.1 Å². The van der Waals surface area contributed by atoms with Crippen LogP contribution in [0.25, 0.3) is 0 Å². The lowest BCUT2D eigenvalue weighted by Gasteiger charge is -2.37. The van der Waals surface area contributed by atoms with E-state index in [-0.39, 0.29) is 5.54 Å². The van der Waals surface area contributed by atoms with Crippen molar-refractivity contribution in [2.75, 3.05) is 6.54 Å². The monoisotopic (exact) mass is 247 g/mol. The molecular formula is C16H25NO. The second-order valence-corrected chi connectivity index (χ2v) is 6.39. The van der Waals surface area contributed by atoms with Gasteiger partial charge in [-0.15, -0.1) is 0 Å². The maximum atomic E-state index is 5.90. The molecule has 1 N–H and O–H groups in total. The molecule has 1 aromatic carbocycles. The number of benzene rings is 1. The standard InChI is InChI=1S/C16H25NO/c1-16(2,3)17-11-14-9-15(10-14)18-12-13-7-5-4-6-8-13/h4-8,14-15,17H,9-12H2,1-3H3. The number of rotatable bonds is 5. The fraction of sp³-hybridized carbons (Fsp3) is 0.625. The van der Waals surface area contributed by atoms with Crippen LogP contribution in [0.2, 0.25) is 0 Å². The molecule has 100 valence electrons. The Morgan fingerprint density at radius 2 is 1.83 bits per heavy atom. The Balaban J connectivity index is 1.59. The van der Waals surface area contributed by atoms with Crippen LogP contribution in [0.4, 0.5) is 0 Å². The van der Waals surface area contributed by atoms with Crippen LogP contribution in [0.15, 0.2) is 30.3 Å². The average Bonchev–Trinajstić information content (AvgIpc) is 2.26. The van der Waals surface area contributed by atoms with Gasteiger partial charge in [0.2, 0.25) is 0 Å². The third-order valence-electron chi connectivity index (χ3n) is 3.44. The molecule has 0 heterocycles. The van der Waals surface area contributed by atoms with Crippen LogP contribution in [-0.4, -0.2) is 18.2 Å². The van der Waals surface area contributed by atoms with Gasteiger partial charge in [-0.2, -0.15) is 0 Å². The summed E-state index contributed by atoms with van der Waals surface area (Å²) in [6.07, 6.45) is 2.88. The van der Waals surface area contributed by atoms with Crippen molar-refractivity contribution in [3.05, 3.63) is 35.9 Å². The quantitative estimate of drug-likeness (QED) is 0.861. The van der Waals surface area contributed by atoms with Crippen LogP contribution in [0.1, 0.15) is 39.2 Å². The van der Waals surface area contributed by atoms with Crippen molar-refractivity contribution >= 4 is 0 Å². The molecule has 0 saturated heterocycles. The van der Waals surface area contributed by atoms with Gasteiger partial charge >= 0.3 is 0 Å². The van der Waals surface area contributed by atoms with Gasteiger partial charge in [0.05, 0.1) is 12.7 Å². The highest BCUT2D eigenvalue weighted by Gasteiger charge is 2.30. The first-order valence-corrected chi connectivity index (χ1v) is 6.93. The van der Waals surface area contributed by atoms with Crippen LogP contribution >= 0.6 is 0 Å². The molecule has 1 aliphatic carbocycles. The molecule has 18 heavy (non-hydrogen) atoms. The zero-order chi connectivity index (χ0) is 13.0. The predicted octanol–water partition coefficient (Wildman–Crippen LogP) is 3.37. The maximum Gasteiger partial charge on any atom is 0.0720 e. The maximum absolute atomic E-state index is 5.90. The van der Waals surface area contributed by atoms with Gasteiger partial charge in [-0.3, -0.25) is 0 Å². The molecule has 0 bridgehead atoms. The van der Waals surface area contributed by atoms with Gasteiger partial charge in [0.15, 0.2) is 0 Å². The first-order chi connectivity index (χ1) is 8.53. The van der Waals surface area contributed by atoms with E-state index < -0.39 is 0 Å². The zero-order valence-electron chi connectivity index (χ0n) is 11.8. The highest BCUT2D eigenvalue weighted by molar-refractivity contribution is 5.13. The summed E-state index contributed by atoms with van der Waals surface area (Å²) in [6, 6.07) is 10.4. The topological polar surface area (TPSA) is 21.3 Å². The van der Waals surface area contributed by atoms with E-state index in [1.54, 1.807) is 0 Å². The van der Waals surface area contributed by atoms with E-state index in [0.717, 1.165) is 19.1 Å². The normalized spacial score (nSPS) is 23.7. The smallest absolute Gasteiger partial charge is 0.0720 e. The fourth-order valence-electron chi connectivity index (χ4n) is 2.22. The first-order valence-electron chi connectivity index (χ1n) is 6.93. The molecule has 0 amide bonds. The summed E-state index contributed by atoms with van der Waals surface area (Å²) in [5.41, 5.74) is 1.50. The molecule has 1 aliphatic rings. The Kier molecular flexibility index (Phi) is 4.41. The van der Waals surface area contributed by atoms with E-state index >= 15 is 0 Å². The molecule has 0 atom stereocenters. The third-order valence-corrected chi connectivity index (χ3v) is 3.44. The van der Waals surface area contributed by atoms with Gasteiger partial charge in [-0.1, -0.05) is 30.3 Å². The van der Waals surface area contributed by atoms with Crippen LogP contribution in [-0.2, 0) is 11.3 Å². The highest BCUT2D eigenvalue weighted by Crippen LogP contribution is 2.30. The minimum Gasteiger partial charge on any atom is -0.374 e. The molecule has 0 unspecified atom stereocenters. The summed E-state index contributed by atoms with van der Waals surface area (Å²) in [5.74, 6) is 0.796. The lowest BCUT2D eigenvalue weighted by molar-refractivity contribution is -0.0406. The number of hydrogen-bond acceptors (Lipinski definition) is 2. The second-order valence-electron chi connectivity index (χ2n) is 6.39. The van der Waals surface area contributed by atoms with Crippen LogP contribution < -0.4 is 5.32 Å². The van der Waals surface area contributed by atoms with Gasteiger partial charge in [0.1, 0.15) is 0 Å². The van der Waals surface area contributed by atoms with E-state index in [9.17, 15) is 0 Å². The number of nitrogens with one attached hydrogen (secondary N) is 1. The molecule has 2 rings (SSSR count). The summed E-state index contributed by atoms with van der Waals surface area (Å²) >= 11 is 0. The van der Waals surface area contributed by atoms with Crippen molar-refractivity contribution < 1.29 is 4.74 Å². The summed E-state index contributed by atoms with van der Waals surface area (Å²) in [4.78, 5) is 0. The largest absolute Gasteiger partial charge is 0.374 e. The summed E-state index contributed by atoms with van der Waals surface area (Å²) in [7, 11) is 0. The van der Waals surface area contributed by atoms with Crippen molar-refractivity contribution in [3.63, 3.8) is 0 Å². The Bertz CT molecular complexity index is 349. The van der Waals surface area contributed by atoms with Crippen molar-refractivity contribution in [1.82, 2.24) is 5.32 Å². The minimum absolute atomic E-state index is 0.232. The van der Waals surface area contributed by atoms with Crippen LogP contribution in [0.3, 0.4) is 0 Å². The van der Waals surface area contributed by atoms with Gasteiger partial charge in [0, 0.05) is 5.54 Å². The molecule has 2 heteroatoms. The Morgan fingerprint density at radius 3 is 2.44 bits per heavy atom. The molecule has 1 saturated carbocycles. The number of ether oxygens (including phenoxy) is 1. The molecule has 0 radical (unpaired) electrons. The lowest BCUT2D eigenvalue weighted by atomic mass is 9.82. The Morgan fingerprint density at radius 1 is 1.17 bits per heavy atom. The Hall–Kier alpha value is -0.860. The number of hydrogen-bond donors (Lipinski definition) is 1. The lowest BCUT2D eigenvalue weighted by Crippen LogP contribution is -2.44. The van der Waals surface area contributed by atoms with Gasteiger partial charge in [-0.25, -0.2) is 0 Å². The molecule has 1 fully saturated rings. The van der Waals surface area contributed by atoms with E-state index in [4.69, 9.17) is 4.74 Å². The van der Waals surface area contributed by atoms with E-state index in [2.05, 4.69) is 50.4 Å². The van der Waals surface area contributed by atoms with Gasteiger partial charge in [-0.05, 0) is 51.6 Å². The van der Waals surface area contributed by atoms with Crippen molar-refractivity contribution in [2.24, 2.45) is 5.92 Å². The SMILES string of the molecule is CC(C)(C)NCC1CC(OCc2ccccc2)C1. The molecule has 0 spiro atoms. The molecule has 2 nitrogen and oxygen atoms in total. The van der Waals surface area contributed by atoms with Crippen molar-refractivity contribution in [1.29, 1.82) is 0 Å². The van der Waals surface area contributed by atoms with E-state index in [1.807, 2.05) is 6.07 Å². The van der Waals surface area contributed by atoms with Gasteiger partial charge in [0.25, 0.3) is 0 Å². The summed E-state index contributed by atoms with van der Waals surface area (Å²) in [6.45, 7) is 8.53. The minimum atomic E-state index is 0.232. The molecule has 1 aromatic rings. The summed E-state index contributed by atoms with van der Waals surface area (Å²) < 4.78 is 5.90. The third kappa shape index (κ3) is 4.43. The average molecular weight is 247 g/mol. The first kappa shape index (κ1) is 13.6. The highest BCUT2D eigenvalue weighted by atomic mass is 16.5. The molecule has 0 aromatic heterocycles. The van der Waals surface area contributed by atoms with Crippen LogP contribution in [0.5, 0.6) is 0 Å². The van der Waals surface area contributed by atoms with E-state index in [1.165, 1.54) is 18.4 Å². The van der Waals surface area contributed by atoms with Crippen molar-refractivity contribution in [3.8, 4) is 0 Å². The zero-order valence-corrected chi connectivity index (χ0v) is 11.8. The fourth-order valence-corrected chi connectivity index (χ4v) is 2.22. The van der Waals surface area contributed by atoms with Crippen molar-refractivity contribution in [2.45, 2.75) is 51.9 Å². The molecule has 0 aliphatic heterocycles. The Labute approximate surface area is 111 Å².